The Labute approximate surface area is 289 Å². The highest BCUT2D eigenvalue weighted by Gasteiger charge is 2.25. The minimum atomic E-state index is 0.689. The van der Waals surface area contributed by atoms with Crippen molar-refractivity contribution in [1.82, 2.24) is 19.1 Å². The van der Waals surface area contributed by atoms with Gasteiger partial charge in [0.2, 0.25) is 0 Å². The quantitative estimate of drug-likeness (QED) is 0.188. The lowest BCUT2D eigenvalue weighted by Crippen LogP contribution is -2.04. The van der Waals surface area contributed by atoms with Crippen molar-refractivity contribution < 1.29 is 0 Å². The predicted molar refractivity (Wildman–Crippen MR) is 207 cm³/mol. The highest BCUT2D eigenvalue weighted by molar-refractivity contribution is 6.28. The van der Waals surface area contributed by atoms with Gasteiger partial charge in [0.15, 0.2) is 5.82 Å². The molecule has 0 unspecified atom stereocenters. The van der Waals surface area contributed by atoms with Gasteiger partial charge in [-0.3, -0.25) is 4.57 Å². The molecule has 0 amide bonds. The minimum absolute atomic E-state index is 0.689. The fraction of sp³-hybridized carbons (Fsp3) is 0. The van der Waals surface area contributed by atoms with Crippen LogP contribution >= 0.6 is 0 Å². The van der Waals surface area contributed by atoms with Crippen LogP contribution in [-0.4, -0.2) is 19.1 Å². The first-order valence-corrected chi connectivity index (χ1v) is 16.9. The average Bonchev–Trinajstić information content (AvgIpc) is 3.72. The number of hydrogen-bond acceptors (Lipinski definition) is 2. The van der Waals surface area contributed by atoms with Gasteiger partial charge in [0, 0.05) is 44.4 Å². The van der Waals surface area contributed by atoms with Crippen molar-refractivity contribution in [2.75, 3.05) is 0 Å². The maximum Gasteiger partial charge on any atom is 0.162 e. The number of hydrogen-bond donors (Lipinski definition) is 0. The highest BCUT2D eigenvalue weighted by Crippen LogP contribution is 2.46. The number of fused-ring (bicyclic) bond motifs is 7. The molecule has 10 aromatic rings. The van der Waals surface area contributed by atoms with E-state index in [-0.39, 0.29) is 0 Å². The minimum Gasteiger partial charge on any atom is -0.307 e. The summed E-state index contributed by atoms with van der Waals surface area (Å²) in [5.74, 6) is 1.51. The van der Waals surface area contributed by atoms with E-state index in [1.807, 2.05) is 24.3 Å². The molecule has 0 saturated heterocycles. The van der Waals surface area contributed by atoms with Crippen LogP contribution < -0.4 is 0 Å². The Bertz CT molecular complexity index is 2780. The third-order valence-electron chi connectivity index (χ3n) is 9.71. The third kappa shape index (κ3) is 4.39. The van der Waals surface area contributed by atoms with Gasteiger partial charge >= 0.3 is 0 Å². The Morgan fingerprint density at radius 3 is 1.60 bits per heavy atom. The van der Waals surface area contributed by atoms with E-state index in [1.165, 1.54) is 32.7 Å². The Kier molecular flexibility index (Phi) is 6.46. The molecule has 50 heavy (non-hydrogen) atoms. The van der Waals surface area contributed by atoms with E-state index >= 15 is 0 Å². The molecular formula is C46H30N4. The summed E-state index contributed by atoms with van der Waals surface area (Å²) in [6.45, 7) is 0. The Morgan fingerprint density at radius 1 is 0.380 bits per heavy atom. The molecule has 3 aromatic heterocycles. The van der Waals surface area contributed by atoms with E-state index in [0.717, 1.165) is 50.4 Å². The number of benzene rings is 7. The van der Waals surface area contributed by atoms with Crippen LogP contribution in [0, 0.1) is 0 Å². The molecule has 0 bridgehead atoms. The van der Waals surface area contributed by atoms with E-state index in [4.69, 9.17) is 9.97 Å². The Balaban J connectivity index is 1.44. The molecule has 4 heteroatoms. The smallest absolute Gasteiger partial charge is 0.162 e. The fourth-order valence-corrected chi connectivity index (χ4v) is 7.55. The first-order valence-electron chi connectivity index (χ1n) is 16.9. The van der Waals surface area contributed by atoms with Crippen molar-refractivity contribution >= 4 is 43.6 Å². The molecule has 4 nitrogen and oxygen atoms in total. The van der Waals surface area contributed by atoms with Gasteiger partial charge in [0.25, 0.3) is 0 Å². The largest absolute Gasteiger partial charge is 0.307 e. The summed E-state index contributed by atoms with van der Waals surface area (Å²) in [6.07, 6.45) is 0. The van der Waals surface area contributed by atoms with Gasteiger partial charge in [-0.15, -0.1) is 0 Å². The Morgan fingerprint density at radius 2 is 0.920 bits per heavy atom. The van der Waals surface area contributed by atoms with Crippen molar-refractivity contribution in [1.29, 1.82) is 0 Å². The second-order valence-corrected chi connectivity index (χ2v) is 12.6. The highest BCUT2D eigenvalue weighted by atomic mass is 15.1. The first-order chi connectivity index (χ1) is 24.8. The van der Waals surface area contributed by atoms with Crippen molar-refractivity contribution in [2.45, 2.75) is 0 Å². The van der Waals surface area contributed by atoms with Crippen molar-refractivity contribution in [3.63, 3.8) is 0 Å². The third-order valence-corrected chi connectivity index (χ3v) is 9.71. The van der Waals surface area contributed by atoms with Crippen LogP contribution in [0.3, 0.4) is 0 Å². The van der Waals surface area contributed by atoms with E-state index < -0.39 is 0 Å². The van der Waals surface area contributed by atoms with Crippen LogP contribution in [0.2, 0.25) is 0 Å². The molecular weight excluding hydrogens is 609 g/mol. The van der Waals surface area contributed by atoms with Crippen molar-refractivity contribution in [3.05, 3.63) is 182 Å². The molecule has 3 heterocycles. The molecule has 10 rings (SSSR count). The van der Waals surface area contributed by atoms with Crippen LogP contribution in [0.4, 0.5) is 0 Å². The monoisotopic (exact) mass is 638 g/mol. The zero-order valence-electron chi connectivity index (χ0n) is 27.1. The lowest BCUT2D eigenvalue weighted by Gasteiger charge is -2.15. The van der Waals surface area contributed by atoms with E-state index in [9.17, 15) is 0 Å². The standard InChI is InChI=1S/C46H30N4/c1-5-17-31(18-6-1)37-29-38-35-25-13-15-27-40(35)50(42-30-39(32-19-7-2-8-20-32)47-46(48-42)33-21-9-3-10-22-33)44(38)45-43(37)36-26-14-16-28-41(36)49(45)34-23-11-4-12-24-34/h1-30H. The van der Waals surface area contributed by atoms with Crippen LogP contribution in [0.25, 0.3) is 88.9 Å². The molecule has 0 aliphatic carbocycles. The van der Waals surface area contributed by atoms with Crippen molar-refractivity contribution in [2.24, 2.45) is 0 Å². The van der Waals surface area contributed by atoms with E-state index in [1.54, 1.807) is 0 Å². The summed E-state index contributed by atoms with van der Waals surface area (Å²) in [5, 5.41) is 4.77. The maximum absolute atomic E-state index is 5.36. The SMILES string of the molecule is c1ccc(-c2cc(-n3c4ccccc4c4cc(-c5ccccc5)c5c6ccccc6n(-c6ccccc6)c5c43)nc(-c3ccccc3)n2)cc1. The van der Waals surface area contributed by atoms with Gasteiger partial charge in [-0.25, -0.2) is 9.97 Å². The van der Waals surface area contributed by atoms with Crippen molar-refractivity contribution in [3.8, 4) is 45.3 Å². The summed E-state index contributed by atoms with van der Waals surface area (Å²) >= 11 is 0. The van der Waals surface area contributed by atoms with Gasteiger partial charge in [-0.05, 0) is 41.5 Å². The molecule has 0 atom stereocenters. The van der Waals surface area contributed by atoms with Crippen LogP contribution in [0.5, 0.6) is 0 Å². The average molecular weight is 639 g/mol. The number of rotatable bonds is 5. The van der Waals surface area contributed by atoms with Crippen LogP contribution in [-0.2, 0) is 0 Å². The lowest BCUT2D eigenvalue weighted by atomic mass is 9.96. The molecule has 0 aliphatic heterocycles. The zero-order chi connectivity index (χ0) is 33.0. The van der Waals surface area contributed by atoms with Gasteiger partial charge in [0.1, 0.15) is 5.82 Å². The Hall–Kier alpha value is -6.78. The van der Waals surface area contributed by atoms with E-state index in [2.05, 4.69) is 167 Å². The zero-order valence-corrected chi connectivity index (χ0v) is 27.1. The number of aromatic nitrogens is 4. The topological polar surface area (TPSA) is 35.6 Å². The molecule has 0 radical (unpaired) electrons. The van der Waals surface area contributed by atoms with Gasteiger partial charge in [0.05, 0.1) is 27.8 Å². The van der Waals surface area contributed by atoms with Crippen LogP contribution in [0.1, 0.15) is 0 Å². The van der Waals surface area contributed by atoms with E-state index in [0.29, 0.717) is 5.82 Å². The van der Waals surface area contributed by atoms with Gasteiger partial charge in [-0.1, -0.05) is 146 Å². The summed E-state index contributed by atoms with van der Waals surface area (Å²) in [7, 11) is 0. The molecule has 7 aromatic carbocycles. The molecule has 0 N–H and O–H groups in total. The number of para-hydroxylation sites is 3. The lowest BCUT2D eigenvalue weighted by molar-refractivity contribution is 1.05. The molecule has 0 saturated carbocycles. The van der Waals surface area contributed by atoms with Gasteiger partial charge < -0.3 is 4.57 Å². The summed E-state index contributed by atoms with van der Waals surface area (Å²) in [4.78, 5) is 10.5. The first kappa shape index (κ1) is 28.3. The second kappa shape index (κ2) is 11.4. The fourth-order valence-electron chi connectivity index (χ4n) is 7.55. The maximum atomic E-state index is 5.36. The normalized spacial score (nSPS) is 11.6. The van der Waals surface area contributed by atoms with Crippen LogP contribution in [0.15, 0.2) is 182 Å². The summed E-state index contributed by atoms with van der Waals surface area (Å²) < 4.78 is 4.80. The molecule has 0 aliphatic rings. The molecule has 0 spiro atoms. The predicted octanol–water partition coefficient (Wildman–Crippen LogP) is 11.7. The molecule has 0 fully saturated rings. The summed E-state index contributed by atoms with van der Waals surface area (Å²) in [6, 6.07) is 64.2. The molecule has 234 valence electrons. The second-order valence-electron chi connectivity index (χ2n) is 12.6. The van der Waals surface area contributed by atoms with Gasteiger partial charge in [-0.2, -0.15) is 0 Å². The summed E-state index contributed by atoms with van der Waals surface area (Å²) in [5.41, 5.74) is 10.9. The number of nitrogens with zero attached hydrogens (tertiary/aromatic N) is 4.